The van der Waals surface area contributed by atoms with Crippen molar-refractivity contribution in [3.05, 3.63) is 29.3 Å². The first-order chi connectivity index (χ1) is 8.66. The Balaban J connectivity index is 0.00000180. The van der Waals surface area contributed by atoms with Crippen molar-refractivity contribution in [1.29, 1.82) is 0 Å². The van der Waals surface area contributed by atoms with E-state index in [2.05, 4.69) is 12.2 Å². The molecule has 3 nitrogen and oxygen atoms in total. The van der Waals surface area contributed by atoms with Gasteiger partial charge in [-0.05, 0) is 31.2 Å². The lowest BCUT2D eigenvalue weighted by Crippen LogP contribution is -2.52. The van der Waals surface area contributed by atoms with Gasteiger partial charge in [-0.25, -0.2) is 0 Å². The van der Waals surface area contributed by atoms with Gasteiger partial charge in [-0.3, -0.25) is 4.79 Å². The number of nitrogens with one attached hydrogen (secondary N) is 1. The number of rotatable bonds is 3. The van der Waals surface area contributed by atoms with Crippen LogP contribution in [0.3, 0.4) is 0 Å². The summed E-state index contributed by atoms with van der Waals surface area (Å²) in [7, 11) is 0. The first-order valence-electron chi connectivity index (χ1n) is 6.05. The molecule has 1 saturated heterocycles. The molecule has 1 aliphatic rings. The van der Waals surface area contributed by atoms with E-state index in [1.807, 2.05) is 29.2 Å². The van der Waals surface area contributed by atoms with Gasteiger partial charge in [0.05, 0.1) is 5.75 Å². The van der Waals surface area contributed by atoms with Gasteiger partial charge < -0.3 is 10.2 Å². The molecular formula is C13H18Cl2N2OS. The van der Waals surface area contributed by atoms with Crippen LogP contribution in [0, 0.1) is 0 Å². The number of halogens is 2. The maximum absolute atomic E-state index is 12.1. The number of piperazine rings is 1. The zero-order valence-electron chi connectivity index (χ0n) is 10.8. The van der Waals surface area contributed by atoms with Crippen LogP contribution < -0.4 is 5.32 Å². The van der Waals surface area contributed by atoms with Crippen LogP contribution in [0.25, 0.3) is 0 Å². The van der Waals surface area contributed by atoms with Crippen molar-refractivity contribution in [2.45, 2.75) is 17.9 Å². The highest BCUT2D eigenvalue weighted by Crippen LogP contribution is 2.21. The van der Waals surface area contributed by atoms with Gasteiger partial charge in [0.25, 0.3) is 0 Å². The SMILES string of the molecule is C[C@@H]1CNCCN1C(=O)CSc1ccc(Cl)cc1.Cl. The Morgan fingerprint density at radius 2 is 2.16 bits per heavy atom. The Labute approximate surface area is 129 Å². The van der Waals surface area contributed by atoms with Crippen LogP contribution in [0.1, 0.15) is 6.92 Å². The second-order valence-corrected chi connectivity index (χ2v) is 5.87. The molecule has 1 aromatic rings. The third-order valence-electron chi connectivity index (χ3n) is 3.00. The van der Waals surface area contributed by atoms with Crippen molar-refractivity contribution in [3.8, 4) is 0 Å². The molecule has 19 heavy (non-hydrogen) atoms. The fourth-order valence-electron chi connectivity index (χ4n) is 1.97. The summed E-state index contributed by atoms with van der Waals surface area (Å²) in [6.07, 6.45) is 0. The average molecular weight is 321 g/mol. The van der Waals surface area contributed by atoms with Gasteiger partial charge in [-0.15, -0.1) is 24.2 Å². The number of benzene rings is 1. The van der Waals surface area contributed by atoms with Crippen molar-refractivity contribution >= 4 is 41.7 Å². The van der Waals surface area contributed by atoms with Gasteiger partial charge in [0.1, 0.15) is 0 Å². The summed E-state index contributed by atoms with van der Waals surface area (Å²) in [4.78, 5) is 15.1. The zero-order chi connectivity index (χ0) is 13.0. The third kappa shape index (κ3) is 4.88. The van der Waals surface area contributed by atoms with E-state index in [9.17, 15) is 4.79 Å². The van der Waals surface area contributed by atoms with Crippen molar-refractivity contribution in [3.63, 3.8) is 0 Å². The molecule has 1 atom stereocenters. The van der Waals surface area contributed by atoms with E-state index < -0.39 is 0 Å². The molecule has 0 radical (unpaired) electrons. The quantitative estimate of drug-likeness (QED) is 0.869. The number of nitrogens with zero attached hydrogens (tertiary/aromatic N) is 1. The second-order valence-electron chi connectivity index (χ2n) is 4.38. The van der Waals surface area contributed by atoms with Crippen LogP contribution in [-0.2, 0) is 4.79 Å². The monoisotopic (exact) mass is 320 g/mol. The average Bonchev–Trinajstić information content (AvgIpc) is 2.38. The lowest BCUT2D eigenvalue weighted by Gasteiger charge is -2.33. The highest BCUT2D eigenvalue weighted by atomic mass is 35.5. The van der Waals surface area contributed by atoms with E-state index in [-0.39, 0.29) is 24.4 Å². The molecule has 0 spiro atoms. The second kappa shape index (κ2) is 8.00. The molecule has 1 fully saturated rings. The number of thioether (sulfide) groups is 1. The number of hydrogen-bond donors (Lipinski definition) is 1. The molecule has 6 heteroatoms. The molecule has 1 heterocycles. The molecule has 106 valence electrons. The molecule has 2 rings (SSSR count). The van der Waals surface area contributed by atoms with E-state index in [1.165, 1.54) is 0 Å². The summed E-state index contributed by atoms with van der Waals surface area (Å²) < 4.78 is 0. The summed E-state index contributed by atoms with van der Waals surface area (Å²) >= 11 is 7.39. The minimum Gasteiger partial charge on any atom is -0.337 e. The van der Waals surface area contributed by atoms with Crippen LogP contribution in [0.5, 0.6) is 0 Å². The summed E-state index contributed by atoms with van der Waals surface area (Å²) in [5.41, 5.74) is 0. The Morgan fingerprint density at radius 3 is 2.79 bits per heavy atom. The fraction of sp³-hybridized carbons (Fsp3) is 0.462. The lowest BCUT2D eigenvalue weighted by molar-refractivity contribution is -0.131. The van der Waals surface area contributed by atoms with Crippen molar-refractivity contribution in [1.82, 2.24) is 10.2 Å². The first-order valence-corrected chi connectivity index (χ1v) is 7.42. The largest absolute Gasteiger partial charge is 0.337 e. The number of hydrogen-bond acceptors (Lipinski definition) is 3. The predicted octanol–water partition coefficient (Wildman–Crippen LogP) is 2.67. The van der Waals surface area contributed by atoms with Crippen LogP contribution >= 0.6 is 35.8 Å². The van der Waals surface area contributed by atoms with Gasteiger partial charge in [0, 0.05) is 35.6 Å². The summed E-state index contributed by atoms with van der Waals surface area (Å²) in [5.74, 6) is 0.704. The summed E-state index contributed by atoms with van der Waals surface area (Å²) in [6.45, 7) is 4.66. The third-order valence-corrected chi connectivity index (χ3v) is 4.25. The topological polar surface area (TPSA) is 32.3 Å². The maximum atomic E-state index is 12.1. The fourth-order valence-corrected chi connectivity index (χ4v) is 2.88. The minimum absolute atomic E-state index is 0. The Kier molecular flexibility index (Phi) is 7.00. The van der Waals surface area contributed by atoms with Crippen LogP contribution in [0.2, 0.25) is 5.02 Å². The van der Waals surface area contributed by atoms with Crippen molar-refractivity contribution < 1.29 is 4.79 Å². The van der Waals surface area contributed by atoms with E-state index in [1.54, 1.807) is 11.8 Å². The highest BCUT2D eigenvalue weighted by Gasteiger charge is 2.22. The van der Waals surface area contributed by atoms with E-state index in [4.69, 9.17) is 11.6 Å². The van der Waals surface area contributed by atoms with E-state index >= 15 is 0 Å². The molecular weight excluding hydrogens is 303 g/mol. The van der Waals surface area contributed by atoms with Gasteiger partial charge >= 0.3 is 0 Å². The van der Waals surface area contributed by atoms with Gasteiger partial charge in [0.2, 0.25) is 5.91 Å². The standard InChI is InChI=1S/C13H17ClN2OS.ClH/c1-10-8-15-6-7-16(10)13(17)9-18-12-4-2-11(14)3-5-12;/h2-5,10,15H,6-9H2,1H3;1H/t10-;/m1./s1. The van der Waals surface area contributed by atoms with Crippen LogP contribution in [0.15, 0.2) is 29.2 Å². The van der Waals surface area contributed by atoms with E-state index in [0.29, 0.717) is 5.75 Å². The molecule has 0 saturated carbocycles. The van der Waals surface area contributed by atoms with Gasteiger partial charge in [0.15, 0.2) is 0 Å². The zero-order valence-corrected chi connectivity index (χ0v) is 13.2. The number of amides is 1. The normalized spacial score (nSPS) is 18.8. The summed E-state index contributed by atoms with van der Waals surface area (Å²) in [5, 5.41) is 4.01. The van der Waals surface area contributed by atoms with Crippen molar-refractivity contribution in [2.75, 3.05) is 25.4 Å². The van der Waals surface area contributed by atoms with Gasteiger partial charge in [-0.2, -0.15) is 0 Å². The highest BCUT2D eigenvalue weighted by molar-refractivity contribution is 8.00. The molecule has 0 unspecified atom stereocenters. The maximum Gasteiger partial charge on any atom is 0.233 e. The van der Waals surface area contributed by atoms with Crippen LogP contribution in [0.4, 0.5) is 0 Å². The molecule has 1 aliphatic heterocycles. The van der Waals surface area contributed by atoms with E-state index in [0.717, 1.165) is 29.6 Å². The van der Waals surface area contributed by atoms with Crippen molar-refractivity contribution in [2.24, 2.45) is 0 Å². The van der Waals surface area contributed by atoms with Crippen LogP contribution in [-0.4, -0.2) is 42.2 Å². The van der Waals surface area contributed by atoms with Gasteiger partial charge in [-0.1, -0.05) is 11.6 Å². The number of carbonyl (C=O) groups is 1. The number of carbonyl (C=O) groups excluding carboxylic acids is 1. The molecule has 0 aliphatic carbocycles. The minimum atomic E-state index is 0. The molecule has 0 bridgehead atoms. The predicted molar refractivity (Wildman–Crippen MR) is 83.5 cm³/mol. The Morgan fingerprint density at radius 1 is 1.47 bits per heavy atom. The smallest absolute Gasteiger partial charge is 0.233 e. The molecule has 1 N–H and O–H groups in total. The Bertz CT molecular complexity index is 414. The molecule has 1 aromatic carbocycles. The summed E-state index contributed by atoms with van der Waals surface area (Å²) in [6, 6.07) is 7.88. The first kappa shape index (κ1) is 16.6. The molecule has 0 aromatic heterocycles. The Hall–Kier alpha value is -0.420. The molecule has 1 amide bonds. The lowest BCUT2D eigenvalue weighted by atomic mass is 10.2.